The van der Waals surface area contributed by atoms with Crippen molar-refractivity contribution in [2.24, 2.45) is 0 Å². The molecular weight excluding hydrogens is 224 g/mol. The molecule has 1 unspecified atom stereocenters. The van der Waals surface area contributed by atoms with Gasteiger partial charge in [0, 0.05) is 4.88 Å². The van der Waals surface area contributed by atoms with E-state index in [9.17, 15) is 4.79 Å². The first-order valence-corrected chi connectivity index (χ1v) is 6.25. The van der Waals surface area contributed by atoms with E-state index in [-0.39, 0.29) is 12.1 Å². The third kappa shape index (κ3) is 2.52. The summed E-state index contributed by atoms with van der Waals surface area (Å²) in [5.41, 5.74) is 2.39. The van der Waals surface area contributed by atoms with Crippen LogP contribution in [0.15, 0.2) is 5.51 Å². The highest BCUT2D eigenvalue weighted by Crippen LogP contribution is 2.32. The summed E-state index contributed by atoms with van der Waals surface area (Å²) in [5.74, 6) is 0. The smallest absolute Gasteiger partial charge is 0.408 e. The summed E-state index contributed by atoms with van der Waals surface area (Å²) in [4.78, 5) is 17.1. The molecule has 1 amide bonds. The Labute approximate surface area is 99.0 Å². The van der Waals surface area contributed by atoms with E-state index in [2.05, 4.69) is 10.3 Å². The molecular formula is C11H16N2O2S. The van der Waals surface area contributed by atoms with Crippen LogP contribution < -0.4 is 5.32 Å². The summed E-state index contributed by atoms with van der Waals surface area (Å²) in [6, 6.07) is 0.0242. The van der Waals surface area contributed by atoms with Crippen LogP contribution in [0, 0.1) is 0 Å². The zero-order chi connectivity index (χ0) is 11.8. The fourth-order valence-electron chi connectivity index (χ4n) is 1.75. The normalized spacial score (nSPS) is 19.3. The molecule has 1 aromatic rings. The molecule has 16 heavy (non-hydrogen) atoms. The Hall–Kier alpha value is -1.10. The molecule has 0 aliphatic heterocycles. The van der Waals surface area contributed by atoms with Gasteiger partial charge in [-0.15, -0.1) is 11.3 Å². The maximum atomic E-state index is 11.6. The monoisotopic (exact) mass is 240 g/mol. The highest BCUT2D eigenvalue weighted by atomic mass is 32.1. The number of hydrogen-bond donors (Lipinski definition) is 1. The Bertz CT molecular complexity index is 395. The third-order valence-electron chi connectivity index (χ3n) is 2.35. The van der Waals surface area contributed by atoms with Crippen LogP contribution >= 0.6 is 11.3 Å². The van der Waals surface area contributed by atoms with Crippen LogP contribution in [0.3, 0.4) is 0 Å². The largest absolute Gasteiger partial charge is 0.444 e. The van der Waals surface area contributed by atoms with Crippen molar-refractivity contribution >= 4 is 17.4 Å². The molecule has 1 atom stereocenters. The van der Waals surface area contributed by atoms with Gasteiger partial charge in [-0.2, -0.15) is 0 Å². The van der Waals surface area contributed by atoms with Gasteiger partial charge in [0.1, 0.15) is 5.60 Å². The molecule has 2 rings (SSSR count). The van der Waals surface area contributed by atoms with Crippen molar-refractivity contribution in [3.8, 4) is 0 Å². The summed E-state index contributed by atoms with van der Waals surface area (Å²) >= 11 is 1.65. The van der Waals surface area contributed by atoms with E-state index in [4.69, 9.17) is 4.74 Å². The van der Waals surface area contributed by atoms with Crippen molar-refractivity contribution in [2.45, 2.75) is 45.3 Å². The minimum atomic E-state index is -0.451. The van der Waals surface area contributed by atoms with Gasteiger partial charge in [-0.3, -0.25) is 0 Å². The molecule has 0 aromatic carbocycles. The van der Waals surface area contributed by atoms with Crippen LogP contribution in [0.1, 0.15) is 43.8 Å². The van der Waals surface area contributed by atoms with Gasteiger partial charge in [0.05, 0.1) is 17.2 Å². The minimum absolute atomic E-state index is 0.0242. The van der Waals surface area contributed by atoms with E-state index in [1.54, 1.807) is 11.3 Å². The SMILES string of the molecule is CC(C)(C)OC(=O)NC1CCc2scnc21. The van der Waals surface area contributed by atoms with Gasteiger partial charge in [0.2, 0.25) is 0 Å². The molecule has 1 N–H and O–H groups in total. The van der Waals surface area contributed by atoms with Gasteiger partial charge in [-0.25, -0.2) is 9.78 Å². The number of fused-ring (bicyclic) bond motifs is 1. The van der Waals surface area contributed by atoms with Crippen LogP contribution in [-0.2, 0) is 11.2 Å². The average molecular weight is 240 g/mol. The van der Waals surface area contributed by atoms with Crippen molar-refractivity contribution < 1.29 is 9.53 Å². The summed E-state index contributed by atoms with van der Waals surface area (Å²) < 4.78 is 5.22. The quantitative estimate of drug-likeness (QED) is 0.821. The predicted octanol–water partition coefficient (Wildman–Crippen LogP) is 2.66. The van der Waals surface area contributed by atoms with E-state index in [0.29, 0.717) is 0 Å². The van der Waals surface area contributed by atoms with Crippen LogP contribution in [0.5, 0.6) is 0 Å². The summed E-state index contributed by atoms with van der Waals surface area (Å²) in [6.07, 6.45) is 1.56. The number of amides is 1. The molecule has 0 bridgehead atoms. The number of aryl methyl sites for hydroxylation is 1. The molecule has 0 spiro atoms. The predicted molar refractivity (Wildman–Crippen MR) is 62.5 cm³/mol. The summed E-state index contributed by atoms with van der Waals surface area (Å²) in [5, 5.41) is 2.86. The first-order valence-electron chi connectivity index (χ1n) is 5.37. The van der Waals surface area contributed by atoms with Crippen molar-refractivity contribution in [3.63, 3.8) is 0 Å². The molecule has 88 valence electrons. The number of hydrogen-bond acceptors (Lipinski definition) is 4. The lowest BCUT2D eigenvalue weighted by atomic mass is 10.2. The van der Waals surface area contributed by atoms with Gasteiger partial charge in [-0.1, -0.05) is 0 Å². The molecule has 0 saturated carbocycles. The number of aromatic nitrogens is 1. The van der Waals surface area contributed by atoms with Crippen molar-refractivity contribution in [3.05, 3.63) is 16.1 Å². The van der Waals surface area contributed by atoms with Gasteiger partial charge in [0.15, 0.2) is 0 Å². The highest BCUT2D eigenvalue weighted by Gasteiger charge is 2.28. The van der Waals surface area contributed by atoms with Crippen molar-refractivity contribution in [1.82, 2.24) is 10.3 Å². The lowest BCUT2D eigenvalue weighted by Crippen LogP contribution is -2.34. The highest BCUT2D eigenvalue weighted by molar-refractivity contribution is 7.09. The summed E-state index contributed by atoms with van der Waals surface area (Å²) in [6.45, 7) is 5.57. The first-order chi connectivity index (χ1) is 7.46. The molecule has 0 radical (unpaired) electrons. The van der Waals surface area contributed by atoms with Gasteiger partial charge in [-0.05, 0) is 33.6 Å². The van der Waals surface area contributed by atoms with E-state index in [0.717, 1.165) is 18.5 Å². The molecule has 1 aliphatic carbocycles. The number of ether oxygens (including phenoxy) is 1. The van der Waals surface area contributed by atoms with Crippen LogP contribution in [0.25, 0.3) is 0 Å². The van der Waals surface area contributed by atoms with E-state index < -0.39 is 5.60 Å². The zero-order valence-corrected chi connectivity index (χ0v) is 10.6. The second kappa shape index (κ2) is 4.05. The number of thiazole rings is 1. The van der Waals surface area contributed by atoms with Crippen molar-refractivity contribution in [1.29, 1.82) is 0 Å². The summed E-state index contributed by atoms with van der Waals surface area (Å²) in [7, 11) is 0. The molecule has 5 heteroatoms. The Kier molecular flexibility index (Phi) is 2.88. The third-order valence-corrected chi connectivity index (χ3v) is 3.26. The topological polar surface area (TPSA) is 51.2 Å². The van der Waals surface area contributed by atoms with E-state index in [1.165, 1.54) is 4.88 Å². The molecule has 0 saturated heterocycles. The Morgan fingerprint density at radius 2 is 2.38 bits per heavy atom. The molecule has 1 aliphatic rings. The first kappa shape index (κ1) is 11.4. The Morgan fingerprint density at radius 1 is 1.62 bits per heavy atom. The van der Waals surface area contributed by atoms with Gasteiger partial charge >= 0.3 is 6.09 Å². The number of alkyl carbamates (subject to hydrolysis) is 1. The van der Waals surface area contributed by atoms with Crippen LogP contribution in [0.4, 0.5) is 4.79 Å². The number of nitrogens with one attached hydrogen (secondary N) is 1. The fourth-order valence-corrected chi connectivity index (χ4v) is 2.60. The van der Waals surface area contributed by atoms with Gasteiger partial charge in [0.25, 0.3) is 0 Å². The standard InChI is InChI=1S/C11H16N2O2S/c1-11(2,3)15-10(14)13-7-4-5-8-9(7)12-6-16-8/h6-7H,4-5H2,1-3H3,(H,13,14). The van der Waals surface area contributed by atoms with E-state index >= 15 is 0 Å². The molecule has 1 aromatic heterocycles. The van der Waals surface area contributed by atoms with Crippen LogP contribution in [0.2, 0.25) is 0 Å². The number of carbonyl (C=O) groups excluding carboxylic acids is 1. The maximum absolute atomic E-state index is 11.6. The number of carbonyl (C=O) groups is 1. The Balaban J connectivity index is 1.95. The van der Waals surface area contributed by atoms with Crippen molar-refractivity contribution in [2.75, 3.05) is 0 Å². The molecule has 0 fully saturated rings. The number of rotatable bonds is 1. The average Bonchev–Trinajstić information content (AvgIpc) is 2.66. The lowest BCUT2D eigenvalue weighted by molar-refractivity contribution is 0.0503. The second-order valence-corrected chi connectivity index (χ2v) is 5.84. The molecule has 1 heterocycles. The fraction of sp³-hybridized carbons (Fsp3) is 0.636. The minimum Gasteiger partial charge on any atom is -0.444 e. The molecule has 4 nitrogen and oxygen atoms in total. The second-order valence-electron chi connectivity index (χ2n) is 4.90. The van der Waals surface area contributed by atoms with Crippen LogP contribution in [-0.4, -0.2) is 16.7 Å². The zero-order valence-electron chi connectivity index (χ0n) is 9.74. The maximum Gasteiger partial charge on any atom is 0.408 e. The Morgan fingerprint density at radius 3 is 3.06 bits per heavy atom. The van der Waals surface area contributed by atoms with E-state index in [1.807, 2.05) is 26.3 Å². The van der Waals surface area contributed by atoms with Gasteiger partial charge < -0.3 is 10.1 Å². The number of nitrogens with zero attached hydrogens (tertiary/aromatic N) is 1. The lowest BCUT2D eigenvalue weighted by Gasteiger charge is -2.21.